The molecule has 2 aromatic carbocycles. The summed E-state index contributed by atoms with van der Waals surface area (Å²) in [6.07, 6.45) is 6.08. The van der Waals surface area contributed by atoms with Gasteiger partial charge in [0.15, 0.2) is 0 Å². The quantitative estimate of drug-likeness (QED) is 0.352. The van der Waals surface area contributed by atoms with Crippen molar-refractivity contribution in [3.63, 3.8) is 0 Å². The number of benzene rings is 2. The number of anilines is 2. The molecule has 9 heteroatoms. The van der Waals surface area contributed by atoms with E-state index >= 15 is 0 Å². The first-order chi connectivity index (χ1) is 19.5. The number of hydrogen-bond donors (Lipinski definition) is 2. The van der Waals surface area contributed by atoms with Crippen LogP contribution in [0.4, 0.5) is 11.6 Å². The summed E-state index contributed by atoms with van der Waals surface area (Å²) in [6.45, 7) is 6.63. The van der Waals surface area contributed by atoms with Crippen LogP contribution in [-0.4, -0.2) is 65.5 Å². The number of para-hydroxylation sites is 1. The second-order valence-electron chi connectivity index (χ2n) is 11.0. The van der Waals surface area contributed by atoms with Gasteiger partial charge in [0.05, 0.1) is 25.4 Å². The molecule has 4 aromatic rings. The maximum atomic E-state index is 6.24. The van der Waals surface area contributed by atoms with E-state index in [2.05, 4.69) is 50.5 Å². The molecule has 0 bridgehead atoms. The number of hydrogen-bond acceptors (Lipinski definition) is 8. The van der Waals surface area contributed by atoms with Crippen LogP contribution in [0, 0.1) is 0 Å². The Labute approximate surface area is 235 Å². The molecule has 0 spiro atoms. The number of methoxy groups -OCH3 is 2. The van der Waals surface area contributed by atoms with Gasteiger partial charge in [-0.1, -0.05) is 18.6 Å². The number of nitrogens with two attached hydrogens (primary N) is 1. The van der Waals surface area contributed by atoms with Gasteiger partial charge in [-0.05, 0) is 69.0 Å². The molecule has 9 nitrogen and oxygen atoms in total. The van der Waals surface area contributed by atoms with E-state index in [9.17, 15) is 0 Å². The smallest absolute Gasteiger partial charge is 0.239 e. The molecule has 2 saturated heterocycles. The molecular formula is C31H39N7O2. The normalized spacial score (nSPS) is 18.0. The minimum absolute atomic E-state index is 0.184. The molecule has 4 heterocycles. The summed E-state index contributed by atoms with van der Waals surface area (Å²) in [6, 6.07) is 18.3. The standard InChI is InChI=1S/C31H39N7O2/c1-31(37-18-8-4-7-17-33-37)15-19-36(20-16-31)22-11-12-24(28(21-22)40-3)29-26-14-13-25(38(26)35-30(32)34-29)23-9-5-6-10-27(23)39-2/h5-6,9-14,21,33H,4,7-8,15-20H2,1-3H3,(H2,32,35). The summed E-state index contributed by atoms with van der Waals surface area (Å²) in [5.74, 6) is 1.73. The summed E-state index contributed by atoms with van der Waals surface area (Å²) >= 11 is 0. The topological polar surface area (TPSA) is 93.2 Å². The highest BCUT2D eigenvalue weighted by molar-refractivity contribution is 5.85. The largest absolute Gasteiger partial charge is 0.496 e. The van der Waals surface area contributed by atoms with Crippen molar-refractivity contribution in [2.24, 2.45) is 0 Å². The lowest BCUT2D eigenvalue weighted by Gasteiger charge is -2.47. The lowest BCUT2D eigenvalue weighted by atomic mass is 9.88. The lowest BCUT2D eigenvalue weighted by molar-refractivity contribution is 0.0329. The zero-order valence-corrected chi connectivity index (χ0v) is 23.7. The Morgan fingerprint density at radius 3 is 2.48 bits per heavy atom. The zero-order chi connectivity index (χ0) is 27.7. The first-order valence-corrected chi connectivity index (χ1v) is 14.2. The predicted octanol–water partition coefficient (Wildman–Crippen LogP) is 5.01. The van der Waals surface area contributed by atoms with Gasteiger partial charge in [-0.25, -0.2) is 14.5 Å². The van der Waals surface area contributed by atoms with Crippen molar-refractivity contribution >= 4 is 17.2 Å². The molecule has 0 unspecified atom stereocenters. The Bertz CT molecular complexity index is 1480. The van der Waals surface area contributed by atoms with Gasteiger partial charge in [0.2, 0.25) is 5.95 Å². The lowest BCUT2D eigenvalue weighted by Crippen LogP contribution is -2.58. The van der Waals surface area contributed by atoms with Crippen LogP contribution in [0.2, 0.25) is 0 Å². The molecule has 210 valence electrons. The monoisotopic (exact) mass is 541 g/mol. The molecule has 2 aliphatic heterocycles. The van der Waals surface area contributed by atoms with Gasteiger partial charge >= 0.3 is 0 Å². The number of fused-ring (bicyclic) bond motifs is 1. The van der Waals surface area contributed by atoms with Gasteiger partial charge in [-0.3, -0.25) is 5.43 Å². The molecule has 0 radical (unpaired) electrons. The van der Waals surface area contributed by atoms with Crippen LogP contribution >= 0.6 is 0 Å². The average molecular weight is 542 g/mol. The van der Waals surface area contributed by atoms with Crippen molar-refractivity contribution in [1.82, 2.24) is 25.0 Å². The van der Waals surface area contributed by atoms with Crippen LogP contribution < -0.4 is 25.5 Å². The molecule has 2 fully saturated rings. The molecular weight excluding hydrogens is 502 g/mol. The number of aromatic nitrogens is 3. The molecule has 3 N–H and O–H groups in total. The van der Waals surface area contributed by atoms with E-state index in [-0.39, 0.29) is 11.5 Å². The summed E-state index contributed by atoms with van der Waals surface area (Å²) in [5.41, 5.74) is 15.6. The van der Waals surface area contributed by atoms with Crippen molar-refractivity contribution in [2.45, 2.75) is 44.6 Å². The zero-order valence-electron chi connectivity index (χ0n) is 23.7. The summed E-state index contributed by atoms with van der Waals surface area (Å²) in [4.78, 5) is 7.12. The van der Waals surface area contributed by atoms with E-state index in [1.54, 1.807) is 14.2 Å². The van der Waals surface area contributed by atoms with Gasteiger partial charge in [0.1, 0.15) is 17.2 Å². The van der Waals surface area contributed by atoms with E-state index in [1.807, 2.05) is 40.9 Å². The van der Waals surface area contributed by atoms with E-state index < -0.39 is 0 Å². The highest BCUT2D eigenvalue weighted by atomic mass is 16.5. The molecule has 0 saturated carbocycles. The Morgan fingerprint density at radius 2 is 1.68 bits per heavy atom. The van der Waals surface area contributed by atoms with Crippen molar-refractivity contribution in [3.8, 4) is 34.0 Å². The summed E-state index contributed by atoms with van der Waals surface area (Å²) in [5, 5.41) is 7.06. The van der Waals surface area contributed by atoms with Crippen LogP contribution in [0.5, 0.6) is 11.5 Å². The third-order valence-corrected chi connectivity index (χ3v) is 8.57. The van der Waals surface area contributed by atoms with Crippen LogP contribution in [0.25, 0.3) is 28.0 Å². The number of rotatable bonds is 6. The molecule has 2 aromatic heterocycles. The SMILES string of the molecule is COc1cc(N2CCC(C)(N3CCCCCN3)CC2)ccc1-c1nc(N)nn2c(-c3ccccc3OC)ccc12. The van der Waals surface area contributed by atoms with Crippen molar-refractivity contribution < 1.29 is 9.47 Å². The number of hydrazine groups is 1. The molecule has 0 aliphatic carbocycles. The molecule has 0 atom stereocenters. The minimum atomic E-state index is 0.184. The van der Waals surface area contributed by atoms with Crippen LogP contribution in [0.1, 0.15) is 39.0 Å². The number of ether oxygens (including phenoxy) is 2. The van der Waals surface area contributed by atoms with E-state index in [4.69, 9.17) is 15.2 Å². The van der Waals surface area contributed by atoms with Gasteiger partial charge in [-0.15, -0.1) is 5.10 Å². The maximum absolute atomic E-state index is 6.24. The van der Waals surface area contributed by atoms with Gasteiger partial charge in [0, 0.05) is 54.6 Å². The Hall–Kier alpha value is -3.82. The number of piperidine rings is 1. The maximum Gasteiger partial charge on any atom is 0.239 e. The van der Waals surface area contributed by atoms with Crippen LogP contribution in [0.15, 0.2) is 54.6 Å². The third-order valence-electron chi connectivity index (χ3n) is 8.57. The Kier molecular flexibility index (Phi) is 7.25. The molecule has 6 rings (SSSR count). The van der Waals surface area contributed by atoms with Gasteiger partial charge in [0.25, 0.3) is 0 Å². The highest BCUT2D eigenvalue weighted by Crippen LogP contribution is 2.39. The van der Waals surface area contributed by atoms with Gasteiger partial charge < -0.3 is 20.1 Å². The first-order valence-electron chi connectivity index (χ1n) is 14.2. The Morgan fingerprint density at radius 1 is 0.875 bits per heavy atom. The average Bonchev–Trinajstić information content (AvgIpc) is 3.20. The number of nitrogens with one attached hydrogen (secondary N) is 1. The van der Waals surface area contributed by atoms with Crippen molar-refractivity contribution in [1.29, 1.82) is 0 Å². The second kappa shape index (κ2) is 11.0. The van der Waals surface area contributed by atoms with Crippen molar-refractivity contribution in [2.75, 3.05) is 51.0 Å². The van der Waals surface area contributed by atoms with E-state index in [0.717, 1.165) is 84.2 Å². The minimum Gasteiger partial charge on any atom is -0.496 e. The van der Waals surface area contributed by atoms with E-state index in [0.29, 0.717) is 0 Å². The predicted molar refractivity (Wildman–Crippen MR) is 160 cm³/mol. The summed E-state index contributed by atoms with van der Waals surface area (Å²) < 4.78 is 13.4. The highest BCUT2D eigenvalue weighted by Gasteiger charge is 2.36. The van der Waals surface area contributed by atoms with Crippen molar-refractivity contribution in [3.05, 3.63) is 54.6 Å². The Balaban J connectivity index is 1.30. The summed E-state index contributed by atoms with van der Waals surface area (Å²) in [7, 11) is 3.38. The van der Waals surface area contributed by atoms with E-state index in [1.165, 1.54) is 19.3 Å². The molecule has 40 heavy (non-hydrogen) atoms. The first kappa shape index (κ1) is 26.4. The molecule has 2 aliphatic rings. The number of nitrogen functional groups attached to an aromatic ring is 1. The fourth-order valence-corrected chi connectivity index (χ4v) is 6.19. The second-order valence-corrected chi connectivity index (χ2v) is 11.0. The fourth-order valence-electron chi connectivity index (χ4n) is 6.19. The third kappa shape index (κ3) is 4.84. The number of nitrogens with zero attached hydrogens (tertiary/aromatic N) is 5. The van der Waals surface area contributed by atoms with Crippen LogP contribution in [0.3, 0.4) is 0 Å². The van der Waals surface area contributed by atoms with Gasteiger partial charge in [-0.2, -0.15) is 0 Å². The van der Waals surface area contributed by atoms with Crippen LogP contribution in [-0.2, 0) is 0 Å². The molecule has 0 amide bonds. The fraction of sp³-hybridized carbons (Fsp3) is 0.419.